The van der Waals surface area contributed by atoms with Gasteiger partial charge in [-0.1, -0.05) is 37.1 Å². The van der Waals surface area contributed by atoms with Crippen molar-refractivity contribution in [3.8, 4) is 0 Å². The van der Waals surface area contributed by atoms with Crippen LogP contribution in [0.15, 0.2) is 60.2 Å². The van der Waals surface area contributed by atoms with Gasteiger partial charge in [-0.2, -0.15) is 0 Å². The highest BCUT2D eigenvalue weighted by atomic mass is 16.5. The van der Waals surface area contributed by atoms with Crippen LogP contribution in [0.4, 0.5) is 11.4 Å². The quantitative estimate of drug-likeness (QED) is 0.279. The minimum absolute atomic E-state index is 0.232. The fourth-order valence-electron chi connectivity index (χ4n) is 4.42. The zero-order valence-electron chi connectivity index (χ0n) is 19.4. The van der Waals surface area contributed by atoms with E-state index in [9.17, 15) is 19.2 Å². The lowest BCUT2D eigenvalue weighted by Crippen LogP contribution is -2.33. The van der Waals surface area contributed by atoms with Crippen LogP contribution < -0.4 is 10.2 Å². The van der Waals surface area contributed by atoms with Gasteiger partial charge in [-0.25, -0.2) is 9.69 Å². The number of carbonyl (C=O) groups excluding carboxylic acids is 4. The normalized spacial score (nSPS) is 19.5. The Hall–Kier alpha value is -3.74. The van der Waals surface area contributed by atoms with E-state index < -0.39 is 11.9 Å². The van der Waals surface area contributed by atoms with E-state index in [0.717, 1.165) is 18.4 Å². The maximum Gasteiger partial charge on any atom is 0.338 e. The second-order valence-electron chi connectivity index (χ2n) is 8.75. The smallest absolute Gasteiger partial charge is 0.338 e. The van der Waals surface area contributed by atoms with Crippen molar-refractivity contribution in [2.24, 2.45) is 11.8 Å². The standard InChI is InChI=1S/C27H28N2O5/c1-3-4-15-34-27(33)18-10-12-19(13-11-18)28-24(30)21-7-5-6-8-23(21)29-25(31)20-14-9-17(2)16-22(20)26(29)32/h5-13,20,22H,3-4,14-16H2,1-2H3,(H,28,30)/t20-,22-/m1/s1. The van der Waals surface area contributed by atoms with Crippen molar-refractivity contribution in [3.63, 3.8) is 0 Å². The van der Waals surface area contributed by atoms with Crippen molar-refractivity contribution in [1.29, 1.82) is 0 Å². The highest BCUT2D eigenvalue weighted by molar-refractivity contribution is 6.25. The minimum Gasteiger partial charge on any atom is -0.462 e. The highest BCUT2D eigenvalue weighted by Crippen LogP contribution is 2.40. The number of ether oxygens (including phenoxy) is 1. The Morgan fingerprint density at radius 3 is 2.47 bits per heavy atom. The van der Waals surface area contributed by atoms with Gasteiger partial charge in [0.2, 0.25) is 11.8 Å². The largest absolute Gasteiger partial charge is 0.462 e. The Morgan fingerprint density at radius 1 is 1.03 bits per heavy atom. The van der Waals surface area contributed by atoms with Crippen LogP contribution in [0.2, 0.25) is 0 Å². The summed E-state index contributed by atoms with van der Waals surface area (Å²) in [6.45, 7) is 4.36. The summed E-state index contributed by atoms with van der Waals surface area (Å²) in [4.78, 5) is 52.6. The van der Waals surface area contributed by atoms with Gasteiger partial charge in [0, 0.05) is 5.69 Å². The third kappa shape index (κ3) is 4.64. The third-order valence-electron chi connectivity index (χ3n) is 6.32. The summed E-state index contributed by atoms with van der Waals surface area (Å²) >= 11 is 0. The molecule has 2 aromatic rings. The lowest BCUT2D eigenvalue weighted by Gasteiger charge is -2.19. The molecule has 0 radical (unpaired) electrons. The Bertz CT molecular complexity index is 1150. The highest BCUT2D eigenvalue weighted by Gasteiger charge is 2.49. The molecule has 7 heteroatoms. The summed E-state index contributed by atoms with van der Waals surface area (Å²) in [6.07, 6.45) is 4.86. The van der Waals surface area contributed by atoms with E-state index in [1.54, 1.807) is 48.5 Å². The third-order valence-corrected chi connectivity index (χ3v) is 6.32. The van der Waals surface area contributed by atoms with E-state index in [2.05, 4.69) is 5.32 Å². The first kappa shape index (κ1) is 23.4. The lowest BCUT2D eigenvalue weighted by molar-refractivity contribution is -0.122. The first-order chi connectivity index (χ1) is 16.4. The molecule has 2 aliphatic rings. The topological polar surface area (TPSA) is 92.8 Å². The van der Waals surface area contributed by atoms with E-state index in [0.29, 0.717) is 30.7 Å². The van der Waals surface area contributed by atoms with Crippen molar-refractivity contribution < 1.29 is 23.9 Å². The summed E-state index contributed by atoms with van der Waals surface area (Å²) in [5.74, 6) is -2.12. The molecule has 1 fully saturated rings. The molecule has 1 saturated heterocycles. The number of anilines is 2. The van der Waals surface area contributed by atoms with Gasteiger partial charge >= 0.3 is 5.97 Å². The molecular weight excluding hydrogens is 432 g/mol. The van der Waals surface area contributed by atoms with Crippen molar-refractivity contribution in [3.05, 3.63) is 71.3 Å². The summed E-state index contributed by atoms with van der Waals surface area (Å²) in [5.41, 5.74) is 2.51. The number of nitrogens with one attached hydrogen (secondary N) is 1. The molecule has 0 bridgehead atoms. The van der Waals surface area contributed by atoms with Gasteiger partial charge in [0.25, 0.3) is 5.91 Å². The number of imide groups is 1. The molecule has 0 aromatic heterocycles. The number of fused-ring (bicyclic) bond motifs is 1. The zero-order valence-corrected chi connectivity index (χ0v) is 19.4. The molecule has 0 saturated carbocycles. The molecule has 7 nitrogen and oxygen atoms in total. The van der Waals surface area contributed by atoms with Gasteiger partial charge < -0.3 is 10.1 Å². The fraction of sp³-hybridized carbons (Fsp3) is 0.333. The Labute approximate surface area is 198 Å². The first-order valence-electron chi connectivity index (χ1n) is 11.6. The van der Waals surface area contributed by atoms with Crippen LogP contribution in [0.5, 0.6) is 0 Å². The second-order valence-corrected chi connectivity index (χ2v) is 8.75. The number of hydrogen-bond acceptors (Lipinski definition) is 5. The van der Waals surface area contributed by atoms with Crippen LogP contribution in [-0.2, 0) is 14.3 Å². The van der Waals surface area contributed by atoms with E-state index in [4.69, 9.17) is 4.74 Å². The molecule has 176 valence electrons. The Kier molecular flexibility index (Phi) is 6.91. The van der Waals surface area contributed by atoms with Crippen LogP contribution in [0.25, 0.3) is 0 Å². The number of allylic oxidation sites excluding steroid dienone is 2. The van der Waals surface area contributed by atoms with Crippen molar-refractivity contribution in [2.45, 2.75) is 39.5 Å². The van der Waals surface area contributed by atoms with Gasteiger partial charge in [-0.15, -0.1) is 0 Å². The molecule has 4 rings (SSSR count). The van der Waals surface area contributed by atoms with Gasteiger partial charge in [0.05, 0.1) is 35.3 Å². The lowest BCUT2D eigenvalue weighted by atomic mass is 9.82. The molecule has 1 heterocycles. The number of nitrogens with zero attached hydrogens (tertiary/aromatic N) is 1. The van der Waals surface area contributed by atoms with Crippen LogP contribution in [0.1, 0.15) is 60.2 Å². The van der Waals surface area contributed by atoms with Gasteiger partial charge in [0.1, 0.15) is 0 Å². The number of unbranched alkanes of at least 4 members (excludes halogenated alkanes) is 1. The average molecular weight is 461 g/mol. The van der Waals surface area contributed by atoms with Gasteiger partial charge in [-0.3, -0.25) is 14.4 Å². The van der Waals surface area contributed by atoms with E-state index in [1.807, 2.05) is 19.9 Å². The Morgan fingerprint density at radius 2 is 1.74 bits per heavy atom. The number of benzene rings is 2. The minimum atomic E-state index is -0.446. The molecule has 34 heavy (non-hydrogen) atoms. The van der Waals surface area contributed by atoms with Crippen molar-refractivity contribution in [2.75, 3.05) is 16.8 Å². The van der Waals surface area contributed by atoms with Gasteiger partial charge in [-0.05, 0) is 62.6 Å². The SMILES string of the molecule is CCCCOC(=O)c1ccc(NC(=O)c2ccccc2N2C(=O)[C@@H]3CC=C(C)C[C@H]3C2=O)cc1. The molecule has 1 aliphatic carbocycles. The first-order valence-corrected chi connectivity index (χ1v) is 11.6. The van der Waals surface area contributed by atoms with Crippen LogP contribution in [-0.4, -0.2) is 30.3 Å². The predicted octanol–water partition coefficient (Wildman–Crippen LogP) is 4.74. The van der Waals surface area contributed by atoms with E-state index >= 15 is 0 Å². The van der Waals surface area contributed by atoms with Crippen molar-refractivity contribution >= 4 is 35.1 Å². The molecule has 0 unspecified atom stereocenters. The summed E-state index contributed by atoms with van der Waals surface area (Å²) in [6, 6.07) is 13.0. The zero-order chi connectivity index (χ0) is 24.2. The number of amides is 3. The predicted molar refractivity (Wildman–Crippen MR) is 128 cm³/mol. The van der Waals surface area contributed by atoms with Crippen LogP contribution >= 0.6 is 0 Å². The maximum absolute atomic E-state index is 13.1. The molecule has 1 N–H and O–H groups in total. The fourth-order valence-corrected chi connectivity index (χ4v) is 4.42. The molecule has 2 aromatic carbocycles. The molecule has 2 atom stereocenters. The summed E-state index contributed by atoms with van der Waals surface area (Å²) in [7, 11) is 0. The van der Waals surface area contributed by atoms with Crippen molar-refractivity contribution in [1.82, 2.24) is 0 Å². The molecule has 3 amide bonds. The van der Waals surface area contributed by atoms with Crippen LogP contribution in [0, 0.1) is 11.8 Å². The molecule has 0 spiro atoms. The summed E-state index contributed by atoms with van der Waals surface area (Å²) in [5, 5.41) is 2.79. The molecular formula is C27H28N2O5. The van der Waals surface area contributed by atoms with E-state index in [-0.39, 0.29) is 34.9 Å². The molecule has 1 aliphatic heterocycles. The maximum atomic E-state index is 13.1. The van der Waals surface area contributed by atoms with Gasteiger partial charge in [0.15, 0.2) is 0 Å². The second kappa shape index (κ2) is 10.0. The Balaban J connectivity index is 1.50. The van der Waals surface area contributed by atoms with E-state index in [1.165, 1.54) is 4.90 Å². The number of para-hydroxylation sites is 1. The van der Waals surface area contributed by atoms with Crippen LogP contribution in [0.3, 0.4) is 0 Å². The average Bonchev–Trinajstić information content (AvgIpc) is 3.08. The monoisotopic (exact) mass is 460 g/mol. The number of hydrogen-bond donors (Lipinski definition) is 1. The number of rotatable bonds is 7. The summed E-state index contributed by atoms with van der Waals surface area (Å²) < 4.78 is 5.20. The number of carbonyl (C=O) groups is 4. The number of esters is 1.